The Morgan fingerprint density at radius 2 is 2.00 bits per heavy atom. The third-order valence-electron chi connectivity index (χ3n) is 1.52. The van der Waals surface area contributed by atoms with Gasteiger partial charge in [-0.15, -0.1) is 0 Å². The van der Waals surface area contributed by atoms with Crippen LogP contribution >= 0.6 is 0 Å². The SMILES string of the molecule is Nc1ccnc(-c2ccnnc2)n1. The van der Waals surface area contributed by atoms with Gasteiger partial charge in [0.05, 0.1) is 12.4 Å². The summed E-state index contributed by atoms with van der Waals surface area (Å²) >= 11 is 0. The van der Waals surface area contributed by atoms with Crippen molar-refractivity contribution in [3.8, 4) is 11.4 Å². The fraction of sp³-hybridized carbons (Fsp3) is 0. The molecule has 0 radical (unpaired) electrons. The highest BCUT2D eigenvalue weighted by molar-refractivity contribution is 5.53. The standard InChI is InChI=1S/C8H7N5/c9-7-2-3-10-8(13-7)6-1-4-11-12-5-6/h1-5H,(H2,9,10,13). The second-order valence-corrected chi connectivity index (χ2v) is 2.44. The van der Waals surface area contributed by atoms with Gasteiger partial charge in [-0.1, -0.05) is 0 Å². The zero-order valence-electron chi connectivity index (χ0n) is 6.75. The molecular weight excluding hydrogens is 166 g/mol. The Bertz CT molecular complexity index is 400. The summed E-state index contributed by atoms with van der Waals surface area (Å²) in [5, 5.41) is 7.38. The second kappa shape index (κ2) is 3.14. The molecule has 0 atom stereocenters. The number of hydrogen-bond acceptors (Lipinski definition) is 5. The molecule has 0 saturated carbocycles. The minimum Gasteiger partial charge on any atom is -0.384 e. The largest absolute Gasteiger partial charge is 0.384 e. The maximum Gasteiger partial charge on any atom is 0.163 e. The van der Waals surface area contributed by atoms with Gasteiger partial charge < -0.3 is 5.73 Å². The summed E-state index contributed by atoms with van der Waals surface area (Å²) in [7, 11) is 0. The van der Waals surface area contributed by atoms with Crippen molar-refractivity contribution in [3.63, 3.8) is 0 Å². The lowest BCUT2D eigenvalue weighted by Gasteiger charge is -1.97. The molecule has 2 N–H and O–H groups in total. The smallest absolute Gasteiger partial charge is 0.163 e. The first-order valence-electron chi connectivity index (χ1n) is 3.72. The van der Waals surface area contributed by atoms with Gasteiger partial charge in [-0.3, -0.25) is 0 Å². The van der Waals surface area contributed by atoms with E-state index in [0.717, 1.165) is 5.56 Å². The van der Waals surface area contributed by atoms with Crippen LogP contribution in [0.2, 0.25) is 0 Å². The third kappa shape index (κ3) is 1.58. The lowest BCUT2D eigenvalue weighted by Crippen LogP contribution is -1.94. The summed E-state index contributed by atoms with van der Waals surface area (Å²) in [5.41, 5.74) is 6.32. The third-order valence-corrected chi connectivity index (χ3v) is 1.52. The van der Waals surface area contributed by atoms with Gasteiger partial charge in [-0.05, 0) is 12.1 Å². The second-order valence-electron chi connectivity index (χ2n) is 2.44. The highest BCUT2D eigenvalue weighted by Crippen LogP contribution is 2.11. The fourth-order valence-electron chi connectivity index (χ4n) is 0.935. The molecule has 0 unspecified atom stereocenters. The van der Waals surface area contributed by atoms with E-state index in [1.165, 1.54) is 0 Å². The highest BCUT2D eigenvalue weighted by atomic mass is 15.1. The number of hydrogen-bond donors (Lipinski definition) is 1. The summed E-state index contributed by atoms with van der Waals surface area (Å²) < 4.78 is 0. The molecule has 0 spiro atoms. The van der Waals surface area contributed by atoms with Gasteiger partial charge in [0.2, 0.25) is 0 Å². The molecule has 2 aromatic rings. The Morgan fingerprint density at radius 3 is 2.69 bits per heavy atom. The summed E-state index contributed by atoms with van der Waals surface area (Å²) in [6, 6.07) is 3.42. The molecular formula is C8H7N5. The van der Waals surface area contributed by atoms with Crippen LogP contribution in [0.1, 0.15) is 0 Å². The predicted octanol–water partition coefficient (Wildman–Crippen LogP) is 0.516. The van der Waals surface area contributed by atoms with Gasteiger partial charge in [-0.2, -0.15) is 10.2 Å². The highest BCUT2D eigenvalue weighted by Gasteiger charge is 1.99. The molecule has 0 aliphatic carbocycles. The molecule has 0 saturated heterocycles. The van der Waals surface area contributed by atoms with Crippen molar-refractivity contribution < 1.29 is 0 Å². The molecule has 0 fully saturated rings. The van der Waals surface area contributed by atoms with Gasteiger partial charge >= 0.3 is 0 Å². The lowest BCUT2D eigenvalue weighted by molar-refractivity contribution is 1.02. The Balaban J connectivity index is 2.48. The van der Waals surface area contributed by atoms with Crippen LogP contribution in [-0.2, 0) is 0 Å². The number of nitrogens with two attached hydrogens (primary N) is 1. The van der Waals surface area contributed by atoms with Gasteiger partial charge in [0.1, 0.15) is 5.82 Å². The van der Waals surface area contributed by atoms with Crippen molar-refractivity contribution in [1.82, 2.24) is 20.2 Å². The molecule has 13 heavy (non-hydrogen) atoms. The Labute approximate surface area is 74.7 Å². The van der Waals surface area contributed by atoms with Gasteiger partial charge in [0.15, 0.2) is 5.82 Å². The lowest BCUT2D eigenvalue weighted by atomic mass is 10.3. The first kappa shape index (κ1) is 7.60. The number of rotatable bonds is 1. The Hall–Kier alpha value is -2.04. The van der Waals surface area contributed by atoms with E-state index >= 15 is 0 Å². The minimum atomic E-state index is 0.446. The van der Waals surface area contributed by atoms with Crippen LogP contribution in [0.4, 0.5) is 5.82 Å². The summed E-state index contributed by atoms with van der Waals surface area (Å²) in [4.78, 5) is 8.09. The average molecular weight is 173 g/mol. The number of nitrogen functional groups attached to an aromatic ring is 1. The van der Waals surface area contributed by atoms with Crippen LogP contribution in [0.3, 0.4) is 0 Å². The first-order chi connectivity index (χ1) is 6.36. The van der Waals surface area contributed by atoms with Crippen molar-refractivity contribution in [2.75, 3.05) is 5.73 Å². The van der Waals surface area contributed by atoms with Crippen LogP contribution in [0.25, 0.3) is 11.4 Å². The van der Waals surface area contributed by atoms with Crippen molar-refractivity contribution in [3.05, 3.63) is 30.7 Å². The molecule has 2 aromatic heterocycles. The van der Waals surface area contributed by atoms with Crippen LogP contribution in [0.5, 0.6) is 0 Å². The van der Waals surface area contributed by atoms with E-state index in [9.17, 15) is 0 Å². The van der Waals surface area contributed by atoms with E-state index < -0.39 is 0 Å². The van der Waals surface area contributed by atoms with Crippen LogP contribution in [-0.4, -0.2) is 20.2 Å². The first-order valence-corrected chi connectivity index (χ1v) is 3.72. The molecule has 64 valence electrons. The quantitative estimate of drug-likeness (QED) is 0.680. The van der Waals surface area contributed by atoms with Crippen molar-refractivity contribution >= 4 is 5.82 Å². The maximum absolute atomic E-state index is 5.51. The van der Waals surface area contributed by atoms with E-state index in [4.69, 9.17) is 5.73 Å². The van der Waals surface area contributed by atoms with E-state index in [-0.39, 0.29) is 0 Å². The van der Waals surface area contributed by atoms with E-state index in [0.29, 0.717) is 11.6 Å². The topological polar surface area (TPSA) is 77.6 Å². The number of aromatic nitrogens is 4. The summed E-state index contributed by atoms with van der Waals surface area (Å²) in [6.07, 6.45) is 4.79. The molecule has 0 amide bonds. The van der Waals surface area contributed by atoms with E-state index in [1.54, 1.807) is 30.7 Å². The molecule has 0 bridgehead atoms. The Kier molecular flexibility index (Phi) is 1.84. The van der Waals surface area contributed by atoms with Crippen molar-refractivity contribution in [1.29, 1.82) is 0 Å². The number of anilines is 1. The zero-order chi connectivity index (χ0) is 9.10. The molecule has 0 aliphatic rings. The predicted molar refractivity (Wildman–Crippen MR) is 47.5 cm³/mol. The van der Waals surface area contributed by atoms with Crippen molar-refractivity contribution in [2.24, 2.45) is 0 Å². The molecule has 0 aliphatic heterocycles. The summed E-state index contributed by atoms with van der Waals surface area (Å²) in [5.74, 6) is 1.01. The molecule has 2 heterocycles. The molecule has 2 rings (SSSR count). The van der Waals surface area contributed by atoms with E-state index in [1.807, 2.05) is 0 Å². The van der Waals surface area contributed by atoms with Crippen molar-refractivity contribution in [2.45, 2.75) is 0 Å². The average Bonchev–Trinajstić information content (AvgIpc) is 2.19. The summed E-state index contributed by atoms with van der Waals surface area (Å²) in [6.45, 7) is 0. The fourth-order valence-corrected chi connectivity index (χ4v) is 0.935. The van der Waals surface area contributed by atoms with Crippen LogP contribution in [0.15, 0.2) is 30.7 Å². The van der Waals surface area contributed by atoms with Gasteiger partial charge in [-0.25, -0.2) is 9.97 Å². The van der Waals surface area contributed by atoms with Gasteiger partial charge in [0.25, 0.3) is 0 Å². The molecule has 5 nitrogen and oxygen atoms in total. The number of nitrogens with zero attached hydrogens (tertiary/aromatic N) is 4. The van der Waals surface area contributed by atoms with Gasteiger partial charge in [0, 0.05) is 11.8 Å². The van der Waals surface area contributed by atoms with E-state index in [2.05, 4.69) is 20.2 Å². The molecule has 0 aromatic carbocycles. The Morgan fingerprint density at radius 1 is 1.08 bits per heavy atom. The molecule has 5 heteroatoms. The normalized spacial score (nSPS) is 9.85. The minimum absolute atomic E-state index is 0.446. The van der Waals surface area contributed by atoms with Crippen LogP contribution < -0.4 is 5.73 Å². The van der Waals surface area contributed by atoms with Crippen LogP contribution in [0, 0.1) is 0 Å². The monoisotopic (exact) mass is 173 g/mol. The maximum atomic E-state index is 5.51. The zero-order valence-corrected chi connectivity index (χ0v) is 6.75.